The number of carbonyl (C=O) groups excluding carboxylic acids is 1. The fraction of sp³-hybridized carbons (Fsp3) is 0.605. The quantitative estimate of drug-likeness (QED) is 0.419. The highest BCUT2D eigenvalue weighted by molar-refractivity contribution is 7.92. The molecular formula is C38H50ClN3O7S2. The molecule has 1 amide bonds. The SMILES string of the molecule is CO[C@]1(CN2CC3(C2)CS(=O)(=O)C3)/C=C/C[C@H](C)[C@@H](C)S(=O)(=O)NC(=O)c2ccc3c(c2)N(CCCCc2cc(Cl)ccc2CO3)C[C@@H]2CC[C@H]21. The molecule has 278 valence electrons. The van der Waals surface area contributed by atoms with Crippen LogP contribution < -0.4 is 14.4 Å². The smallest absolute Gasteiger partial charge is 0.264 e. The number of ether oxygens (including phenoxy) is 2. The van der Waals surface area contributed by atoms with Crippen LogP contribution in [-0.4, -0.2) is 89.8 Å². The molecule has 2 bridgehead atoms. The van der Waals surface area contributed by atoms with Gasteiger partial charge in [-0.25, -0.2) is 21.6 Å². The van der Waals surface area contributed by atoms with E-state index in [0.29, 0.717) is 30.3 Å². The first kappa shape index (κ1) is 36.7. The standard InChI is InChI=1S/C38H50ClN3O7S2/c1-26-7-6-15-38(48-3,23-41-21-37(22-41)24-50(44,45)25-37)33-13-10-30(33)19-42-16-5-4-8-28-17-32(39)12-9-31(28)20-49-35-14-11-29(18-34(35)42)36(43)40-51(46,47)27(26)2/h6,9,11-12,14-15,17-18,26-27,30,33H,4-5,7-8,10,13,16,19-25H2,1-3H3,(H,40,43)/b15-6+/t26-,27+,30-,33+,38-/m0/s1. The maximum Gasteiger partial charge on any atom is 0.264 e. The van der Waals surface area contributed by atoms with Gasteiger partial charge in [0.1, 0.15) is 18.0 Å². The number of likely N-dealkylation sites (tertiary alicyclic amines) is 1. The van der Waals surface area contributed by atoms with Crippen LogP contribution in [0, 0.1) is 23.2 Å². The van der Waals surface area contributed by atoms with E-state index < -0.39 is 36.6 Å². The van der Waals surface area contributed by atoms with Gasteiger partial charge in [0.25, 0.3) is 5.91 Å². The Bertz CT molecular complexity index is 1900. The Kier molecular flexibility index (Phi) is 10.1. The second-order valence-corrected chi connectivity index (χ2v) is 20.4. The number of halogens is 1. The van der Waals surface area contributed by atoms with Crippen molar-refractivity contribution in [1.82, 2.24) is 9.62 Å². The van der Waals surface area contributed by atoms with Crippen LogP contribution in [0.2, 0.25) is 5.02 Å². The van der Waals surface area contributed by atoms with E-state index in [1.54, 1.807) is 32.2 Å². The zero-order valence-corrected chi connectivity index (χ0v) is 32.2. The number of nitrogens with zero attached hydrogens (tertiary/aromatic N) is 2. The van der Waals surface area contributed by atoms with Gasteiger partial charge in [0.05, 0.1) is 22.4 Å². The molecule has 1 N–H and O–H groups in total. The fourth-order valence-corrected chi connectivity index (χ4v) is 12.7. The molecule has 2 aromatic rings. The number of carbonyl (C=O) groups is 1. The van der Waals surface area contributed by atoms with E-state index in [2.05, 4.69) is 26.7 Å². The van der Waals surface area contributed by atoms with Crippen molar-refractivity contribution in [2.24, 2.45) is 23.2 Å². The Morgan fingerprint density at radius 2 is 1.80 bits per heavy atom. The number of fused-ring (bicyclic) bond motifs is 3. The van der Waals surface area contributed by atoms with Crippen LogP contribution in [0.5, 0.6) is 5.75 Å². The van der Waals surface area contributed by atoms with E-state index >= 15 is 0 Å². The molecule has 2 saturated heterocycles. The van der Waals surface area contributed by atoms with Crippen molar-refractivity contribution in [3.05, 3.63) is 70.3 Å². The second kappa shape index (κ2) is 14.0. The van der Waals surface area contributed by atoms with Gasteiger partial charge in [-0.1, -0.05) is 36.7 Å². The summed E-state index contributed by atoms with van der Waals surface area (Å²) in [6.07, 6.45) is 9.41. The predicted molar refractivity (Wildman–Crippen MR) is 200 cm³/mol. The third kappa shape index (κ3) is 7.45. The molecule has 13 heteroatoms. The van der Waals surface area contributed by atoms with Crippen LogP contribution in [0.25, 0.3) is 0 Å². The van der Waals surface area contributed by atoms with Gasteiger partial charge in [-0.15, -0.1) is 0 Å². The normalized spacial score (nSPS) is 32.3. The third-order valence-corrected chi connectivity index (χ3v) is 16.4. The maximum absolute atomic E-state index is 13.6. The molecule has 2 aromatic carbocycles. The molecule has 1 spiro atoms. The van der Waals surface area contributed by atoms with Crippen LogP contribution >= 0.6 is 11.6 Å². The zero-order valence-electron chi connectivity index (χ0n) is 29.8. The number of allylic oxidation sites excluding steroid dienone is 1. The van der Waals surface area contributed by atoms with E-state index in [0.717, 1.165) is 75.1 Å². The molecule has 1 aliphatic carbocycles. The number of hydrogen-bond acceptors (Lipinski definition) is 9. The first-order valence-corrected chi connectivity index (χ1v) is 22.0. The van der Waals surface area contributed by atoms with Gasteiger partial charge in [-0.2, -0.15) is 0 Å². The minimum Gasteiger partial charge on any atom is -0.487 e. The molecule has 0 unspecified atom stereocenters. The molecule has 3 fully saturated rings. The van der Waals surface area contributed by atoms with E-state index in [9.17, 15) is 21.6 Å². The summed E-state index contributed by atoms with van der Waals surface area (Å²) in [5, 5.41) is -0.126. The van der Waals surface area contributed by atoms with Crippen molar-refractivity contribution in [3.63, 3.8) is 0 Å². The van der Waals surface area contributed by atoms with Crippen LogP contribution in [0.1, 0.15) is 67.4 Å². The number of sulfonamides is 1. The summed E-state index contributed by atoms with van der Waals surface area (Å²) in [6, 6.07) is 11.1. The predicted octanol–water partition coefficient (Wildman–Crippen LogP) is 5.25. The molecule has 5 atom stereocenters. The molecule has 10 nitrogen and oxygen atoms in total. The summed E-state index contributed by atoms with van der Waals surface area (Å²) in [7, 11) is -5.15. The van der Waals surface area contributed by atoms with Crippen molar-refractivity contribution < 1.29 is 31.1 Å². The van der Waals surface area contributed by atoms with Crippen LogP contribution in [0.3, 0.4) is 0 Å². The van der Waals surface area contributed by atoms with E-state index in [4.69, 9.17) is 21.1 Å². The summed E-state index contributed by atoms with van der Waals surface area (Å²) in [6.45, 7) is 7.44. The van der Waals surface area contributed by atoms with Crippen LogP contribution in [-0.2, 0) is 37.6 Å². The number of rotatable bonds is 3. The van der Waals surface area contributed by atoms with E-state index in [1.807, 2.05) is 25.1 Å². The number of hydrogen-bond donors (Lipinski definition) is 1. The van der Waals surface area contributed by atoms with E-state index in [-0.39, 0.29) is 40.2 Å². The largest absolute Gasteiger partial charge is 0.487 e. The number of anilines is 1. The topological polar surface area (TPSA) is 122 Å². The number of nitrogens with one attached hydrogen (secondary N) is 1. The summed E-state index contributed by atoms with van der Waals surface area (Å²) in [5.74, 6) is 0.698. The highest BCUT2D eigenvalue weighted by atomic mass is 35.5. The average molecular weight is 760 g/mol. The highest BCUT2D eigenvalue weighted by Gasteiger charge is 2.58. The summed E-state index contributed by atoms with van der Waals surface area (Å²) in [4.78, 5) is 18.2. The molecule has 51 heavy (non-hydrogen) atoms. The molecule has 0 radical (unpaired) electrons. The van der Waals surface area contributed by atoms with Crippen molar-refractivity contribution in [1.29, 1.82) is 0 Å². The van der Waals surface area contributed by atoms with Crippen molar-refractivity contribution in [3.8, 4) is 5.75 Å². The van der Waals surface area contributed by atoms with Gasteiger partial charge in [0.15, 0.2) is 9.84 Å². The number of amides is 1. The Hall–Kier alpha value is -2.64. The first-order valence-electron chi connectivity index (χ1n) is 18.2. The van der Waals surface area contributed by atoms with Gasteiger partial charge in [-0.3, -0.25) is 9.69 Å². The summed E-state index contributed by atoms with van der Waals surface area (Å²) >= 11 is 6.38. The van der Waals surface area contributed by atoms with Crippen LogP contribution in [0.15, 0.2) is 48.6 Å². The first-order chi connectivity index (χ1) is 24.2. The molecule has 4 heterocycles. The lowest BCUT2D eigenvalue weighted by Gasteiger charge is -2.58. The average Bonchev–Trinajstić information content (AvgIpc) is 3.06. The molecular weight excluding hydrogens is 710 g/mol. The Balaban J connectivity index is 1.24. The van der Waals surface area contributed by atoms with Crippen molar-refractivity contribution in [2.75, 3.05) is 56.2 Å². The van der Waals surface area contributed by atoms with Gasteiger partial charge >= 0.3 is 0 Å². The van der Waals surface area contributed by atoms with Crippen LogP contribution in [0.4, 0.5) is 5.69 Å². The minimum absolute atomic E-state index is 0.134. The molecule has 4 aliphatic heterocycles. The Labute approximate surface area is 307 Å². The minimum atomic E-state index is -3.99. The molecule has 7 rings (SSSR count). The van der Waals surface area contributed by atoms with E-state index in [1.165, 1.54) is 0 Å². The van der Waals surface area contributed by atoms with Gasteiger partial charge in [0, 0.05) is 55.8 Å². The summed E-state index contributed by atoms with van der Waals surface area (Å²) < 4.78 is 66.5. The maximum atomic E-state index is 13.6. The number of sulfone groups is 1. The molecule has 0 aromatic heterocycles. The lowest BCUT2D eigenvalue weighted by atomic mass is 9.63. The summed E-state index contributed by atoms with van der Waals surface area (Å²) in [5.41, 5.74) is 2.50. The van der Waals surface area contributed by atoms with Crippen molar-refractivity contribution >= 4 is 43.1 Å². The zero-order chi connectivity index (χ0) is 36.2. The van der Waals surface area contributed by atoms with Gasteiger partial charge in [-0.05, 0) is 105 Å². The Morgan fingerprint density at radius 3 is 2.51 bits per heavy atom. The Morgan fingerprint density at radius 1 is 1.02 bits per heavy atom. The molecule has 5 aliphatic rings. The third-order valence-electron chi connectivity index (χ3n) is 12.2. The number of methoxy groups -OCH3 is 1. The lowest BCUT2D eigenvalue weighted by Crippen LogP contribution is -2.71. The lowest BCUT2D eigenvalue weighted by molar-refractivity contribution is -0.115. The van der Waals surface area contributed by atoms with Gasteiger partial charge < -0.3 is 14.4 Å². The highest BCUT2D eigenvalue weighted by Crippen LogP contribution is 2.49. The molecule has 1 saturated carbocycles. The van der Waals surface area contributed by atoms with Gasteiger partial charge in [0.2, 0.25) is 10.0 Å². The van der Waals surface area contributed by atoms with Crippen molar-refractivity contribution in [2.45, 2.75) is 69.8 Å². The fourth-order valence-electron chi connectivity index (χ4n) is 9.07. The monoisotopic (exact) mass is 759 g/mol. The second-order valence-electron chi connectivity index (χ2n) is 15.9. The number of benzene rings is 2. The number of aryl methyl sites for hydroxylation is 1.